The summed E-state index contributed by atoms with van der Waals surface area (Å²) in [6.45, 7) is 13.2. The quantitative estimate of drug-likeness (QED) is 0.193. The largest absolute Gasteiger partial charge is 0.457 e. The molecule has 1 heterocycles. The van der Waals surface area contributed by atoms with Crippen LogP contribution in [0.5, 0.6) is 11.5 Å². The van der Waals surface area contributed by atoms with E-state index in [9.17, 15) is 0 Å². The average molecular weight is 503 g/mol. The Morgan fingerprint density at radius 3 is 2.44 bits per heavy atom. The van der Waals surface area contributed by atoms with Gasteiger partial charge in [-0.15, -0.1) is 0 Å². The van der Waals surface area contributed by atoms with Crippen LogP contribution in [0.4, 0.5) is 0 Å². The average Bonchev–Trinajstić information content (AvgIpc) is 2.86. The molecule has 3 aromatic carbocycles. The van der Waals surface area contributed by atoms with E-state index in [1.165, 1.54) is 42.4 Å². The lowest BCUT2D eigenvalue weighted by Gasteiger charge is -2.31. The van der Waals surface area contributed by atoms with Gasteiger partial charge >= 0.3 is 0 Å². The van der Waals surface area contributed by atoms with E-state index in [4.69, 9.17) is 13.8 Å². The van der Waals surface area contributed by atoms with Crippen LogP contribution in [0.3, 0.4) is 0 Å². The van der Waals surface area contributed by atoms with Gasteiger partial charge in [-0.25, -0.2) is 0 Å². The van der Waals surface area contributed by atoms with E-state index in [0.717, 1.165) is 40.8 Å². The summed E-state index contributed by atoms with van der Waals surface area (Å²) in [5, 5.41) is 0. The predicted octanol–water partition coefficient (Wildman–Crippen LogP) is 9.81. The van der Waals surface area contributed by atoms with Crippen molar-refractivity contribution in [2.45, 2.75) is 71.4 Å². The molecule has 3 aromatic rings. The van der Waals surface area contributed by atoms with E-state index in [0.29, 0.717) is 5.76 Å². The fourth-order valence-electron chi connectivity index (χ4n) is 4.81. The lowest BCUT2D eigenvalue weighted by Crippen LogP contribution is -2.18. The van der Waals surface area contributed by atoms with Crippen LogP contribution in [-0.2, 0) is 16.1 Å². The third kappa shape index (κ3) is 6.02. The van der Waals surface area contributed by atoms with Gasteiger partial charge in [-0.05, 0) is 42.0 Å². The van der Waals surface area contributed by atoms with Crippen molar-refractivity contribution in [2.24, 2.45) is 0 Å². The summed E-state index contributed by atoms with van der Waals surface area (Å²) < 4.78 is 18.9. The molecule has 4 rings (SSSR count). The zero-order chi connectivity index (χ0) is 25.7. The summed E-state index contributed by atoms with van der Waals surface area (Å²) in [5.74, 6) is 2.32. The van der Waals surface area contributed by atoms with Crippen molar-refractivity contribution in [1.82, 2.24) is 0 Å². The molecule has 0 saturated heterocycles. The molecule has 0 saturated carbocycles. The summed E-state index contributed by atoms with van der Waals surface area (Å²) >= 11 is 0. The molecule has 1 unspecified atom stereocenters. The van der Waals surface area contributed by atoms with Crippen LogP contribution in [0.25, 0.3) is 16.9 Å². The Labute approximate surface area is 218 Å². The number of hydrogen-bond donors (Lipinski definition) is 0. The normalized spacial score (nSPS) is 13.5. The second-order valence-corrected chi connectivity index (χ2v) is 11.9. The number of fused-ring (bicyclic) bond motifs is 3. The number of rotatable bonds is 11. The highest BCUT2D eigenvalue weighted by Crippen LogP contribution is 2.53. The molecule has 0 aliphatic carbocycles. The minimum Gasteiger partial charge on any atom is -0.457 e. The van der Waals surface area contributed by atoms with Crippen molar-refractivity contribution in [3.8, 4) is 22.6 Å². The molecule has 0 amide bonds. The second-order valence-electron chi connectivity index (χ2n) is 10.4. The molecule has 0 bridgehead atoms. The molecular weight excluding hydrogens is 463 g/mol. The lowest BCUT2D eigenvalue weighted by molar-refractivity contribution is 0.391. The van der Waals surface area contributed by atoms with E-state index in [-0.39, 0.29) is 5.41 Å². The van der Waals surface area contributed by atoms with Crippen LogP contribution in [0.1, 0.15) is 75.1 Å². The van der Waals surface area contributed by atoms with E-state index in [1.807, 2.05) is 6.07 Å². The van der Waals surface area contributed by atoms with E-state index < -0.39 is 8.38 Å². The molecule has 1 aliphatic heterocycles. The summed E-state index contributed by atoms with van der Waals surface area (Å²) in [5.41, 5.74) is 6.72. The maximum Gasteiger partial charge on any atom is 0.234 e. The van der Waals surface area contributed by atoms with Crippen LogP contribution in [0.2, 0.25) is 0 Å². The SMILES string of the molecule is C=C1Oc2cc(C(C)(C)CCCCCC)cc(OP(Cc3ccccc3)OC)c2-c2cc(C)ccc21. The van der Waals surface area contributed by atoms with Gasteiger partial charge in [-0.2, -0.15) is 0 Å². The van der Waals surface area contributed by atoms with Gasteiger partial charge < -0.3 is 13.8 Å². The topological polar surface area (TPSA) is 27.7 Å². The molecule has 0 N–H and O–H groups in total. The van der Waals surface area contributed by atoms with Crippen molar-refractivity contribution in [3.63, 3.8) is 0 Å². The lowest BCUT2D eigenvalue weighted by atomic mass is 9.78. The molecular formula is C32H39O3P. The number of hydrogen-bond acceptors (Lipinski definition) is 3. The monoisotopic (exact) mass is 502 g/mol. The van der Waals surface area contributed by atoms with Crippen LogP contribution < -0.4 is 9.26 Å². The number of benzene rings is 3. The third-order valence-electron chi connectivity index (χ3n) is 7.04. The van der Waals surface area contributed by atoms with Crippen molar-refractivity contribution in [3.05, 3.63) is 89.5 Å². The number of unbranched alkanes of at least 4 members (excludes halogenated alkanes) is 3. The molecule has 3 nitrogen and oxygen atoms in total. The van der Waals surface area contributed by atoms with Gasteiger partial charge in [-0.3, -0.25) is 0 Å². The Morgan fingerprint density at radius 2 is 1.72 bits per heavy atom. The molecule has 4 heteroatoms. The van der Waals surface area contributed by atoms with Crippen molar-refractivity contribution in [1.29, 1.82) is 0 Å². The fraction of sp³-hybridized carbons (Fsp3) is 0.375. The highest BCUT2D eigenvalue weighted by Gasteiger charge is 2.30. The Bertz CT molecular complexity index is 1200. The maximum atomic E-state index is 6.71. The zero-order valence-electron chi connectivity index (χ0n) is 22.4. The molecule has 190 valence electrons. The highest BCUT2D eigenvalue weighted by atomic mass is 31.2. The predicted molar refractivity (Wildman–Crippen MR) is 153 cm³/mol. The van der Waals surface area contributed by atoms with Crippen molar-refractivity contribution >= 4 is 14.1 Å². The first-order valence-electron chi connectivity index (χ1n) is 13.0. The van der Waals surface area contributed by atoms with Crippen molar-refractivity contribution in [2.75, 3.05) is 7.11 Å². The standard InChI is InChI=1S/C32H39O3P/c1-7-8-9-13-18-32(4,5)26-20-29-31(28-19-23(2)16-17-27(28)24(3)34-29)30(21-26)35-36(33-6)22-25-14-11-10-12-15-25/h10-12,14-17,19-21H,3,7-9,13,18,22H2,1-2,4-6H3. The van der Waals surface area contributed by atoms with Gasteiger partial charge in [0.05, 0.1) is 11.7 Å². The Balaban J connectivity index is 1.76. The van der Waals surface area contributed by atoms with Crippen LogP contribution in [-0.4, -0.2) is 7.11 Å². The van der Waals surface area contributed by atoms with E-state index in [1.54, 1.807) is 7.11 Å². The molecule has 0 fully saturated rings. The van der Waals surface area contributed by atoms with Gasteiger partial charge in [-0.1, -0.05) is 107 Å². The summed E-state index contributed by atoms with van der Waals surface area (Å²) in [7, 11) is 0.559. The van der Waals surface area contributed by atoms with Gasteiger partial charge in [0.1, 0.15) is 17.3 Å². The molecule has 0 aromatic heterocycles. The minimum atomic E-state index is -1.18. The van der Waals surface area contributed by atoms with Gasteiger partial charge in [0.25, 0.3) is 0 Å². The van der Waals surface area contributed by atoms with Gasteiger partial charge in [0.15, 0.2) is 0 Å². The summed E-state index contributed by atoms with van der Waals surface area (Å²) in [4.78, 5) is 0. The molecule has 0 radical (unpaired) electrons. The molecule has 36 heavy (non-hydrogen) atoms. The summed E-state index contributed by atoms with van der Waals surface area (Å²) in [6, 6.07) is 21.2. The summed E-state index contributed by atoms with van der Waals surface area (Å²) in [6.07, 6.45) is 6.84. The van der Waals surface area contributed by atoms with Gasteiger partial charge in [0, 0.05) is 18.2 Å². The molecule has 0 spiro atoms. The maximum absolute atomic E-state index is 6.71. The highest BCUT2D eigenvalue weighted by molar-refractivity contribution is 7.46. The number of aryl methyl sites for hydroxylation is 1. The van der Waals surface area contributed by atoms with Crippen LogP contribution >= 0.6 is 8.38 Å². The number of ether oxygens (including phenoxy) is 1. The van der Waals surface area contributed by atoms with Crippen molar-refractivity contribution < 1.29 is 13.8 Å². The Morgan fingerprint density at radius 1 is 0.944 bits per heavy atom. The van der Waals surface area contributed by atoms with E-state index >= 15 is 0 Å². The fourth-order valence-corrected chi connectivity index (χ4v) is 5.95. The first-order chi connectivity index (χ1) is 17.3. The van der Waals surface area contributed by atoms with Crippen LogP contribution in [0.15, 0.2) is 67.2 Å². The minimum absolute atomic E-state index is 0.00624. The van der Waals surface area contributed by atoms with E-state index in [2.05, 4.69) is 88.9 Å². The molecule has 1 atom stereocenters. The van der Waals surface area contributed by atoms with Gasteiger partial charge in [0.2, 0.25) is 8.38 Å². The Hall–Kier alpha value is -2.61. The third-order valence-corrected chi connectivity index (χ3v) is 8.47. The first kappa shape index (κ1) is 26.5. The first-order valence-corrected chi connectivity index (χ1v) is 14.4. The molecule has 1 aliphatic rings. The smallest absolute Gasteiger partial charge is 0.234 e. The zero-order valence-corrected chi connectivity index (χ0v) is 23.3. The van der Waals surface area contributed by atoms with Crippen LogP contribution in [0, 0.1) is 6.92 Å². The second kappa shape index (κ2) is 11.6. The Kier molecular flexibility index (Phi) is 8.54.